The van der Waals surface area contributed by atoms with Crippen molar-refractivity contribution in [2.45, 2.75) is 20.5 Å². The van der Waals surface area contributed by atoms with Crippen molar-refractivity contribution in [1.29, 1.82) is 0 Å². The Balaban J connectivity index is 1.70. The average Bonchev–Trinajstić information content (AvgIpc) is 3.13. The Bertz CT molecular complexity index is 1210. The normalized spacial score (nSPS) is 11.5. The van der Waals surface area contributed by atoms with Gasteiger partial charge in [0, 0.05) is 22.0 Å². The molecule has 3 nitrogen and oxygen atoms in total. The van der Waals surface area contributed by atoms with Crippen LogP contribution in [0, 0.1) is 12.7 Å². The highest BCUT2D eigenvalue weighted by atomic mass is 35.5. The van der Waals surface area contributed by atoms with E-state index in [1.807, 2.05) is 49.4 Å². The molecular formula is C26H22ClFN2O. The first kappa shape index (κ1) is 20.9. The standard InChI is InChI=1S/C26H22ClFN2O/c1-18(29-31-17-20-11-13-23(28)14-12-20)25-16-26(21-7-4-3-5-8-21)30(19(25)2)24-10-6-9-22(27)15-24/h3-16H,17H2,1-2H3. The van der Waals surface area contributed by atoms with Gasteiger partial charge >= 0.3 is 0 Å². The van der Waals surface area contributed by atoms with E-state index in [4.69, 9.17) is 16.4 Å². The number of hydrogen-bond acceptors (Lipinski definition) is 2. The van der Waals surface area contributed by atoms with E-state index in [2.05, 4.69) is 34.8 Å². The summed E-state index contributed by atoms with van der Waals surface area (Å²) in [7, 11) is 0. The fourth-order valence-electron chi connectivity index (χ4n) is 3.58. The van der Waals surface area contributed by atoms with Gasteiger partial charge in [0.2, 0.25) is 0 Å². The Hall–Kier alpha value is -3.37. The minimum atomic E-state index is -0.269. The van der Waals surface area contributed by atoms with Crippen LogP contribution < -0.4 is 0 Å². The van der Waals surface area contributed by atoms with Gasteiger partial charge in [-0.25, -0.2) is 4.39 Å². The van der Waals surface area contributed by atoms with Crippen LogP contribution in [-0.4, -0.2) is 10.3 Å². The second kappa shape index (κ2) is 9.19. The summed E-state index contributed by atoms with van der Waals surface area (Å²) < 4.78 is 15.2. The van der Waals surface area contributed by atoms with Crippen LogP contribution in [0.3, 0.4) is 0 Å². The Morgan fingerprint density at radius 2 is 1.71 bits per heavy atom. The molecule has 0 amide bonds. The minimum Gasteiger partial charge on any atom is -0.391 e. The molecule has 0 N–H and O–H groups in total. The van der Waals surface area contributed by atoms with Gasteiger partial charge < -0.3 is 9.40 Å². The van der Waals surface area contributed by atoms with Gasteiger partial charge in [-0.05, 0) is 61.4 Å². The number of benzene rings is 3. The van der Waals surface area contributed by atoms with E-state index in [9.17, 15) is 4.39 Å². The zero-order valence-electron chi connectivity index (χ0n) is 17.3. The van der Waals surface area contributed by atoms with Crippen molar-refractivity contribution in [2.75, 3.05) is 0 Å². The quantitative estimate of drug-likeness (QED) is 0.234. The highest BCUT2D eigenvalue weighted by molar-refractivity contribution is 6.30. The molecule has 0 unspecified atom stereocenters. The Morgan fingerprint density at radius 1 is 0.968 bits per heavy atom. The van der Waals surface area contributed by atoms with E-state index in [-0.39, 0.29) is 12.4 Å². The molecule has 0 fully saturated rings. The minimum absolute atomic E-state index is 0.269. The van der Waals surface area contributed by atoms with Crippen LogP contribution in [0.4, 0.5) is 4.39 Å². The van der Waals surface area contributed by atoms with Gasteiger partial charge in [0.15, 0.2) is 0 Å². The smallest absolute Gasteiger partial charge is 0.142 e. The van der Waals surface area contributed by atoms with Gasteiger partial charge in [0.05, 0.1) is 11.4 Å². The molecule has 0 bridgehead atoms. The molecule has 0 saturated carbocycles. The molecule has 0 radical (unpaired) electrons. The van der Waals surface area contributed by atoms with Crippen molar-refractivity contribution in [3.63, 3.8) is 0 Å². The average molecular weight is 433 g/mol. The SMILES string of the molecule is CC(=NOCc1ccc(F)cc1)c1cc(-c2ccccc2)n(-c2cccc(Cl)c2)c1C. The summed E-state index contributed by atoms with van der Waals surface area (Å²) in [4.78, 5) is 5.55. The van der Waals surface area contributed by atoms with Crippen LogP contribution in [0.5, 0.6) is 0 Å². The molecule has 1 aromatic heterocycles. The second-order valence-electron chi connectivity index (χ2n) is 7.29. The van der Waals surface area contributed by atoms with Crippen molar-refractivity contribution in [3.05, 3.63) is 113 Å². The van der Waals surface area contributed by atoms with E-state index < -0.39 is 0 Å². The number of hydrogen-bond donors (Lipinski definition) is 0. The lowest BCUT2D eigenvalue weighted by Crippen LogP contribution is -2.02. The van der Waals surface area contributed by atoms with Crippen molar-refractivity contribution in [2.24, 2.45) is 5.16 Å². The van der Waals surface area contributed by atoms with Crippen LogP contribution >= 0.6 is 11.6 Å². The van der Waals surface area contributed by atoms with Gasteiger partial charge in [-0.3, -0.25) is 0 Å². The van der Waals surface area contributed by atoms with Crippen LogP contribution in [0.15, 0.2) is 90.1 Å². The zero-order valence-corrected chi connectivity index (χ0v) is 18.1. The van der Waals surface area contributed by atoms with Gasteiger partial charge in [-0.2, -0.15) is 0 Å². The first-order valence-corrected chi connectivity index (χ1v) is 10.4. The number of rotatable bonds is 6. The maximum Gasteiger partial charge on any atom is 0.142 e. The van der Waals surface area contributed by atoms with E-state index in [1.54, 1.807) is 12.1 Å². The molecule has 0 saturated heterocycles. The molecule has 156 valence electrons. The topological polar surface area (TPSA) is 26.5 Å². The van der Waals surface area contributed by atoms with Crippen molar-refractivity contribution >= 4 is 17.3 Å². The summed E-state index contributed by atoms with van der Waals surface area (Å²) >= 11 is 6.27. The highest BCUT2D eigenvalue weighted by Crippen LogP contribution is 2.31. The summed E-state index contributed by atoms with van der Waals surface area (Å²) in [6, 6.07) is 26.3. The van der Waals surface area contributed by atoms with E-state index in [1.165, 1.54) is 12.1 Å². The lowest BCUT2D eigenvalue weighted by Gasteiger charge is -2.13. The molecule has 0 aliphatic carbocycles. The maximum absolute atomic E-state index is 13.1. The lowest BCUT2D eigenvalue weighted by atomic mass is 10.1. The molecule has 1 heterocycles. The number of halogens is 2. The molecule has 0 aliphatic heterocycles. The highest BCUT2D eigenvalue weighted by Gasteiger charge is 2.17. The third-order valence-corrected chi connectivity index (χ3v) is 5.35. The van der Waals surface area contributed by atoms with Gasteiger partial charge in [-0.1, -0.05) is 65.3 Å². The Labute approximate surface area is 186 Å². The van der Waals surface area contributed by atoms with Crippen LogP contribution in [0.2, 0.25) is 5.02 Å². The fourth-order valence-corrected chi connectivity index (χ4v) is 3.76. The first-order chi connectivity index (χ1) is 15.0. The number of nitrogens with zero attached hydrogens (tertiary/aromatic N) is 2. The maximum atomic E-state index is 13.1. The molecule has 4 rings (SSSR count). The predicted octanol–water partition coefficient (Wildman–Crippen LogP) is 7.19. The third-order valence-electron chi connectivity index (χ3n) is 5.12. The summed E-state index contributed by atoms with van der Waals surface area (Å²) in [6.45, 7) is 4.25. The van der Waals surface area contributed by atoms with E-state index in [0.717, 1.165) is 39.5 Å². The molecule has 0 spiro atoms. The van der Waals surface area contributed by atoms with Gasteiger partial charge in [0.1, 0.15) is 12.4 Å². The predicted molar refractivity (Wildman–Crippen MR) is 124 cm³/mol. The monoisotopic (exact) mass is 432 g/mol. The second-order valence-corrected chi connectivity index (χ2v) is 7.72. The number of aromatic nitrogens is 1. The Kier molecular flexibility index (Phi) is 6.19. The van der Waals surface area contributed by atoms with E-state index >= 15 is 0 Å². The lowest BCUT2D eigenvalue weighted by molar-refractivity contribution is 0.130. The first-order valence-electron chi connectivity index (χ1n) is 9.98. The van der Waals surface area contributed by atoms with Crippen molar-refractivity contribution in [1.82, 2.24) is 4.57 Å². The third kappa shape index (κ3) is 4.70. The Morgan fingerprint density at radius 3 is 2.42 bits per heavy atom. The van der Waals surface area contributed by atoms with Crippen LogP contribution in [0.1, 0.15) is 23.7 Å². The van der Waals surface area contributed by atoms with Crippen molar-refractivity contribution < 1.29 is 9.23 Å². The summed E-state index contributed by atoms with van der Waals surface area (Å²) in [6.07, 6.45) is 0. The van der Waals surface area contributed by atoms with E-state index in [0.29, 0.717) is 5.02 Å². The van der Waals surface area contributed by atoms with Crippen molar-refractivity contribution in [3.8, 4) is 16.9 Å². The molecular weight excluding hydrogens is 411 g/mol. The molecule has 31 heavy (non-hydrogen) atoms. The molecule has 4 aromatic rings. The van der Waals surface area contributed by atoms with Crippen LogP contribution in [0.25, 0.3) is 16.9 Å². The molecule has 3 aromatic carbocycles. The van der Waals surface area contributed by atoms with Crippen LogP contribution in [-0.2, 0) is 11.4 Å². The largest absolute Gasteiger partial charge is 0.391 e. The summed E-state index contributed by atoms with van der Waals surface area (Å²) in [5.41, 5.74) is 6.76. The summed E-state index contributed by atoms with van der Waals surface area (Å²) in [5.74, 6) is -0.269. The fraction of sp³-hybridized carbons (Fsp3) is 0.115. The summed E-state index contributed by atoms with van der Waals surface area (Å²) in [5, 5.41) is 5.00. The molecule has 0 aliphatic rings. The van der Waals surface area contributed by atoms with Gasteiger partial charge in [0.25, 0.3) is 0 Å². The van der Waals surface area contributed by atoms with Gasteiger partial charge in [-0.15, -0.1) is 0 Å². The molecule has 0 atom stereocenters. The number of oxime groups is 1. The zero-order chi connectivity index (χ0) is 21.8. The molecule has 5 heteroatoms.